The number of amides is 1. The van der Waals surface area contributed by atoms with E-state index in [0.29, 0.717) is 5.75 Å². The molecule has 0 spiro atoms. The molecule has 1 saturated heterocycles. The smallest absolute Gasteiger partial charge is 0.255 e. The van der Waals surface area contributed by atoms with Gasteiger partial charge in [-0.25, -0.2) is 0 Å². The van der Waals surface area contributed by atoms with Crippen LogP contribution < -0.4 is 15.4 Å². The Balaban J connectivity index is 2.08. The Kier molecular flexibility index (Phi) is 4.04. The zero-order chi connectivity index (χ0) is 13.0. The molecule has 0 bridgehead atoms. The lowest BCUT2D eigenvalue weighted by molar-refractivity contribution is 0.0927. The van der Waals surface area contributed by atoms with Crippen molar-refractivity contribution in [3.8, 4) is 11.5 Å². The number of carbonyl (C=O) groups is 1. The molecule has 1 atom stereocenters. The second-order valence-corrected chi connectivity index (χ2v) is 4.37. The monoisotopic (exact) mass is 250 g/mol. The van der Waals surface area contributed by atoms with Crippen molar-refractivity contribution < 1.29 is 14.6 Å². The van der Waals surface area contributed by atoms with E-state index in [4.69, 9.17) is 4.74 Å². The van der Waals surface area contributed by atoms with Crippen molar-refractivity contribution in [2.45, 2.75) is 18.9 Å². The molecule has 3 N–H and O–H groups in total. The number of para-hydroxylation sites is 1. The molecule has 0 unspecified atom stereocenters. The van der Waals surface area contributed by atoms with Crippen LogP contribution in [0.2, 0.25) is 0 Å². The first-order valence-electron chi connectivity index (χ1n) is 6.10. The van der Waals surface area contributed by atoms with Crippen LogP contribution in [0.3, 0.4) is 0 Å². The van der Waals surface area contributed by atoms with Gasteiger partial charge in [0, 0.05) is 12.6 Å². The number of hydrogen-bond donors (Lipinski definition) is 3. The molecule has 0 aromatic heterocycles. The second kappa shape index (κ2) is 5.73. The number of rotatable bonds is 3. The van der Waals surface area contributed by atoms with E-state index in [1.165, 1.54) is 7.11 Å². The van der Waals surface area contributed by atoms with Gasteiger partial charge in [0.25, 0.3) is 5.91 Å². The fourth-order valence-corrected chi connectivity index (χ4v) is 2.11. The Bertz CT molecular complexity index is 428. The van der Waals surface area contributed by atoms with Crippen LogP contribution in [0.5, 0.6) is 11.5 Å². The molecule has 5 nitrogen and oxygen atoms in total. The van der Waals surface area contributed by atoms with Gasteiger partial charge in [0.2, 0.25) is 0 Å². The summed E-state index contributed by atoms with van der Waals surface area (Å²) >= 11 is 0. The summed E-state index contributed by atoms with van der Waals surface area (Å²) in [5, 5.41) is 16.0. The summed E-state index contributed by atoms with van der Waals surface area (Å²) in [7, 11) is 1.46. The molecule has 18 heavy (non-hydrogen) atoms. The molecule has 0 radical (unpaired) electrons. The zero-order valence-corrected chi connectivity index (χ0v) is 10.4. The number of aromatic hydroxyl groups is 1. The summed E-state index contributed by atoms with van der Waals surface area (Å²) in [6.45, 7) is 1.77. The average Bonchev–Trinajstić information content (AvgIpc) is 2.40. The number of phenols is 1. The quantitative estimate of drug-likeness (QED) is 0.745. The Hall–Kier alpha value is -1.75. The normalized spacial score (nSPS) is 19.3. The first kappa shape index (κ1) is 12.7. The summed E-state index contributed by atoms with van der Waals surface area (Å²) in [6, 6.07) is 5.02. The van der Waals surface area contributed by atoms with Crippen molar-refractivity contribution in [1.82, 2.24) is 10.6 Å². The number of ether oxygens (including phenoxy) is 1. The summed E-state index contributed by atoms with van der Waals surface area (Å²) in [5.41, 5.74) is 0.250. The van der Waals surface area contributed by atoms with Gasteiger partial charge in [-0.3, -0.25) is 4.79 Å². The maximum Gasteiger partial charge on any atom is 0.255 e. The lowest BCUT2D eigenvalue weighted by Crippen LogP contribution is -2.45. The Morgan fingerprint density at radius 2 is 2.39 bits per heavy atom. The highest BCUT2D eigenvalue weighted by Crippen LogP contribution is 2.29. The van der Waals surface area contributed by atoms with Gasteiger partial charge in [-0.2, -0.15) is 0 Å². The van der Waals surface area contributed by atoms with Crippen LogP contribution in [-0.4, -0.2) is 37.3 Å². The third kappa shape index (κ3) is 2.73. The highest BCUT2D eigenvalue weighted by Gasteiger charge is 2.19. The van der Waals surface area contributed by atoms with Crippen LogP contribution in [0.1, 0.15) is 23.2 Å². The lowest BCUT2D eigenvalue weighted by Gasteiger charge is -2.24. The topological polar surface area (TPSA) is 70.6 Å². The Morgan fingerprint density at radius 1 is 1.56 bits per heavy atom. The highest BCUT2D eigenvalue weighted by molar-refractivity contribution is 5.97. The van der Waals surface area contributed by atoms with Crippen LogP contribution in [0.25, 0.3) is 0 Å². The molecule has 1 fully saturated rings. The van der Waals surface area contributed by atoms with Gasteiger partial charge in [-0.1, -0.05) is 6.07 Å². The van der Waals surface area contributed by atoms with E-state index in [0.717, 1.165) is 25.9 Å². The fraction of sp³-hybridized carbons (Fsp3) is 0.462. The summed E-state index contributed by atoms with van der Waals surface area (Å²) < 4.78 is 4.98. The van der Waals surface area contributed by atoms with Crippen molar-refractivity contribution in [2.75, 3.05) is 20.2 Å². The predicted octanol–water partition coefficient (Wildman–Crippen LogP) is 0.883. The third-order valence-corrected chi connectivity index (χ3v) is 3.10. The Labute approximate surface area is 106 Å². The van der Waals surface area contributed by atoms with Crippen LogP contribution >= 0.6 is 0 Å². The van der Waals surface area contributed by atoms with E-state index >= 15 is 0 Å². The van der Waals surface area contributed by atoms with Gasteiger partial charge in [-0.05, 0) is 31.5 Å². The molecule has 1 amide bonds. The standard InChI is InChI=1S/C13H18N2O3/c1-18-11-6-2-5-10(12(11)16)13(17)15-9-4-3-7-14-8-9/h2,5-6,9,14,16H,3-4,7-8H2,1H3,(H,15,17)/t9-/m1/s1. The maximum absolute atomic E-state index is 12.0. The molecule has 5 heteroatoms. The molecule has 1 aliphatic rings. The van der Waals surface area contributed by atoms with E-state index in [2.05, 4.69) is 10.6 Å². The number of phenolic OH excluding ortho intramolecular Hbond substituents is 1. The number of nitrogens with one attached hydrogen (secondary N) is 2. The van der Waals surface area contributed by atoms with Crippen LogP contribution in [0, 0.1) is 0 Å². The number of carbonyl (C=O) groups excluding carboxylic acids is 1. The number of hydrogen-bond acceptors (Lipinski definition) is 4. The molecular formula is C13H18N2O3. The first-order chi connectivity index (χ1) is 8.72. The molecule has 0 aliphatic carbocycles. The van der Waals surface area contributed by atoms with Crippen LogP contribution in [0.15, 0.2) is 18.2 Å². The third-order valence-electron chi connectivity index (χ3n) is 3.10. The number of benzene rings is 1. The van der Waals surface area contributed by atoms with E-state index in [1.807, 2.05) is 0 Å². The minimum Gasteiger partial charge on any atom is -0.504 e. The highest BCUT2D eigenvalue weighted by atomic mass is 16.5. The van der Waals surface area contributed by atoms with E-state index in [-0.39, 0.29) is 23.3 Å². The van der Waals surface area contributed by atoms with Crippen molar-refractivity contribution in [3.05, 3.63) is 23.8 Å². The summed E-state index contributed by atoms with van der Waals surface area (Å²) in [5.74, 6) is -0.0641. The summed E-state index contributed by atoms with van der Waals surface area (Å²) in [4.78, 5) is 12.0. The molecule has 2 rings (SSSR count). The van der Waals surface area contributed by atoms with Gasteiger partial charge in [0.05, 0.1) is 12.7 Å². The van der Waals surface area contributed by atoms with Crippen molar-refractivity contribution in [2.24, 2.45) is 0 Å². The van der Waals surface area contributed by atoms with Gasteiger partial charge >= 0.3 is 0 Å². The number of piperidine rings is 1. The largest absolute Gasteiger partial charge is 0.504 e. The van der Waals surface area contributed by atoms with Crippen LogP contribution in [-0.2, 0) is 0 Å². The van der Waals surface area contributed by atoms with Gasteiger partial charge in [-0.15, -0.1) is 0 Å². The molecule has 98 valence electrons. The van der Waals surface area contributed by atoms with Gasteiger partial charge < -0.3 is 20.5 Å². The SMILES string of the molecule is COc1cccc(C(=O)N[C@@H]2CCCNC2)c1O. The summed E-state index contributed by atoms with van der Waals surface area (Å²) in [6.07, 6.45) is 2.01. The molecule has 1 aromatic rings. The van der Waals surface area contributed by atoms with Crippen molar-refractivity contribution >= 4 is 5.91 Å². The number of methoxy groups -OCH3 is 1. The van der Waals surface area contributed by atoms with E-state index in [1.54, 1.807) is 18.2 Å². The predicted molar refractivity (Wildman–Crippen MR) is 68.0 cm³/mol. The van der Waals surface area contributed by atoms with Gasteiger partial charge in [0.1, 0.15) is 0 Å². The maximum atomic E-state index is 12.0. The second-order valence-electron chi connectivity index (χ2n) is 4.37. The van der Waals surface area contributed by atoms with Gasteiger partial charge in [0.15, 0.2) is 11.5 Å². The Morgan fingerprint density at radius 3 is 3.06 bits per heavy atom. The van der Waals surface area contributed by atoms with Crippen molar-refractivity contribution in [1.29, 1.82) is 0 Å². The lowest BCUT2D eigenvalue weighted by atomic mass is 10.1. The molecule has 1 heterocycles. The minimum absolute atomic E-state index is 0.110. The van der Waals surface area contributed by atoms with Crippen molar-refractivity contribution in [3.63, 3.8) is 0 Å². The average molecular weight is 250 g/mol. The fourth-order valence-electron chi connectivity index (χ4n) is 2.11. The molecule has 1 aromatic carbocycles. The molecule has 0 saturated carbocycles. The zero-order valence-electron chi connectivity index (χ0n) is 10.4. The molecular weight excluding hydrogens is 232 g/mol. The first-order valence-corrected chi connectivity index (χ1v) is 6.10. The van der Waals surface area contributed by atoms with E-state index in [9.17, 15) is 9.90 Å². The van der Waals surface area contributed by atoms with E-state index < -0.39 is 0 Å². The molecule has 1 aliphatic heterocycles. The van der Waals surface area contributed by atoms with Crippen LogP contribution in [0.4, 0.5) is 0 Å². The minimum atomic E-state index is -0.264.